The summed E-state index contributed by atoms with van der Waals surface area (Å²) >= 11 is 0. The van der Waals surface area contributed by atoms with Crippen LogP contribution in [-0.4, -0.2) is 18.0 Å². The standard InChI is InChI=1S/C17H10O4/c1-2-10-7-8-13(21-9-18)15-14(10)16(19)11-5-3-4-6-12(11)17(15)20/h2-9H,1H2. The SMILES string of the molecule is C=Cc1ccc(OC=O)c2c1C(=O)c1ccccc1C2=O. The Morgan fingerprint density at radius 2 is 1.52 bits per heavy atom. The molecule has 0 radical (unpaired) electrons. The van der Waals surface area contributed by atoms with E-state index in [1.165, 1.54) is 12.1 Å². The maximum Gasteiger partial charge on any atom is 0.298 e. The van der Waals surface area contributed by atoms with E-state index in [1.807, 2.05) is 0 Å². The molecule has 0 unspecified atom stereocenters. The van der Waals surface area contributed by atoms with E-state index in [0.717, 1.165) is 0 Å². The number of fused-ring (bicyclic) bond motifs is 2. The van der Waals surface area contributed by atoms with Crippen LogP contribution in [-0.2, 0) is 4.79 Å². The van der Waals surface area contributed by atoms with Crippen molar-refractivity contribution in [1.29, 1.82) is 0 Å². The summed E-state index contributed by atoms with van der Waals surface area (Å²) in [6, 6.07) is 9.68. The summed E-state index contributed by atoms with van der Waals surface area (Å²) in [6.07, 6.45) is 1.50. The molecule has 0 spiro atoms. The molecule has 0 N–H and O–H groups in total. The Bertz CT molecular complexity index is 802. The molecule has 21 heavy (non-hydrogen) atoms. The molecule has 0 aliphatic heterocycles. The van der Waals surface area contributed by atoms with E-state index in [1.54, 1.807) is 30.3 Å². The van der Waals surface area contributed by atoms with Crippen LogP contribution in [0.5, 0.6) is 5.75 Å². The molecule has 0 heterocycles. The van der Waals surface area contributed by atoms with Crippen molar-refractivity contribution in [3.63, 3.8) is 0 Å². The lowest BCUT2D eigenvalue weighted by molar-refractivity contribution is -0.120. The molecule has 102 valence electrons. The maximum absolute atomic E-state index is 12.6. The van der Waals surface area contributed by atoms with Crippen molar-refractivity contribution in [2.75, 3.05) is 0 Å². The first-order valence-electron chi connectivity index (χ1n) is 6.27. The van der Waals surface area contributed by atoms with Crippen LogP contribution in [0.4, 0.5) is 0 Å². The van der Waals surface area contributed by atoms with E-state index in [4.69, 9.17) is 4.74 Å². The minimum Gasteiger partial charge on any atom is -0.428 e. The zero-order valence-electron chi connectivity index (χ0n) is 11.0. The highest BCUT2D eigenvalue weighted by molar-refractivity contribution is 6.30. The lowest BCUT2D eigenvalue weighted by atomic mass is 9.81. The van der Waals surface area contributed by atoms with Gasteiger partial charge in [-0.15, -0.1) is 0 Å². The van der Waals surface area contributed by atoms with Crippen LogP contribution in [0.1, 0.15) is 37.4 Å². The van der Waals surface area contributed by atoms with Crippen molar-refractivity contribution in [3.05, 3.63) is 70.8 Å². The molecule has 0 saturated carbocycles. The molecule has 0 amide bonds. The van der Waals surface area contributed by atoms with Gasteiger partial charge in [-0.25, -0.2) is 0 Å². The Morgan fingerprint density at radius 3 is 2.10 bits per heavy atom. The number of carbonyl (C=O) groups is 3. The molecule has 3 rings (SSSR count). The van der Waals surface area contributed by atoms with E-state index >= 15 is 0 Å². The third kappa shape index (κ3) is 1.80. The van der Waals surface area contributed by atoms with Gasteiger partial charge in [-0.1, -0.05) is 43.0 Å². The summed E-state index contributed by atoms with van der Waals surface area (Å²) in [5.74, 6) is -0.523. The molecule has 0 fully saturated rings. The van der Waals surface area contributed by atoms with E-state index in [2.05, 4.69) is 6.58 Å². The van der Waals surface area contributed by atoms with Gasteiger partial charge in [-0.3, -0.25) is 14.4 Å². The van der Waals surface area contributed by atoms with Crippen molar-refractivity contribution >= 4 is 24.1 Å². The van der Waals surface area contributed by atoms with E-state index < -0.39 is 0 Å². The number of hydrogen-bond donors (Lipinski definition) is 0. The molecule has 2 aromatic rings. The highest BCUT2D eigenvalue weighted by Crippen LogP contribution is 2.35. The van der Waals surface area contributed by atoms with Crippen LogP contribution < -0.4 is 4.74 Å². The quantitative estimate of drug-likeness (QED) is 0.691. The molecule has 1 aliphatic rings. The van der Waals surface area contributed by atoms with Crippen molar-refractivity contribution < 1.29 is 19.1 Å². The Morgan fingerprint density at radius 1 is 0.905 bits per heavy atom. The van der Waals surface area contributed by atoms with E-state index in [0.29, 0.717) is 16.7 Å². The predicted octanol–water partition coefficient (Wildman–Crippen LogP) is 2.64. The van der Waals surface area contributed by atoms with Crippen molar-refractivity contribution in [2.24, 2.45) is 0 Å². The maximum atomic E-state index is 12.6. The zero-order chi connectivity index (χ0) is 15.0. The number of rotatable bonds is 3. The molecular weight excluding hydrogens is 268 g/mol. The van der Waals surface area contributed by atoms with Gasteiger partial charge in [0.1, 0.15) is 5.75 Å². The number of hydrogen-bond acceptors (Lipinski definition) is 4. The zero-order valence-corrected chi connectivity index (χ0v) is 11.0. The summed E-state index contributed by atoms with van der Waals surface area (Å²) in [6.45, 7) is 3.89. The average molecular weight is 278 g/mol. The highest BCUT2D eigenvalue weighted by Gasteiger charge is 2.33. The summed E-state index contributed by atoms with van der Waals surface area (Å²) in [5, 5.41) is 0. The fourth-order valence-corrected chi connectivity index (χ4v) is 2.54. The third-order valence-corrected chi connectivity index (χ3v) is 3.46. The topological polar surface area (TPSA) is 60.4 Å². The van der Waals surface area contributed by atoms with Gasteiger partial charge in [0.2, 0.25) is 0 Å². The second kappa shape index (κ2) is 4.83. The Hall–Kier alpha value is -3.01. The van der Waals surface area contributed by atoms with E-state index in [-0.39, 0.29) is 34.9 Å². The van der Waals surface area contributed by atoms with Crippen LogP contribution in [0, 0.1) is 0 Å². The molecule has 0 atom stereocenters. The van der Waals surface area contributed by atoms with Crippen LogP contribution in [0.25, 0.3) is 6.08 Å². The smallest absolute Gasteiger partial charge is 0.298 e. The molecular formula is C17H10O4. The summed E-state index contributed by atoms with van der Waals surface area (Å²) in [5.41, 5.74) is 1.54. The first kappa shape index (κ1) is 13.0. The summed E-state index contributed by atoms with van der Waals surface area (Å²) in [4.78, 5) is 35.9. The van der Waals surface area contributed by atoms with Crippen LogP contribution in [0.15, 0.2) is 43.0 Å². The predicted molar refractivity (Wildman–Crippen MR) is 76.5 cm³/mol. The van der Waals surface area contributed by atoms with Crippen molar-refractivity contribution in [2.45, 2.75) is 0 Å². The van der Waals surface area contributed by atoms with Gasteiger partial charge in [-0.05, 0) is 11.6 Å². The van der Waals surface area contributed by atoms with Crippen LogP contribution in [0.2, 0.25) is 0 Å². The molecule has 0 saturated heterocycles. The van der Waals surface area contributed by atoms with Gasteiger partial charge in [0.25, 0.3) is 6.47 Å². The van der Waals surface area contributed by atoms with Gasteiger partial charge in [0.05, 0.1) is 5.56 Å². The lowest BCUT2D eigenvalue weighted by Crippen LogP contribution is -2.22. The molecule has 4 nitrogen and oxygen atoms in total. The Labute approximate surface area is 120 Å². The van der Waals surface area contributed by atoms with Crippen LogP contribution >= 0.6 is 0 Å². The van der Waals surface area contributed by atoms with Gasteiger partial charge in [-0.2, -0.15) is 0 Å². The molecule has 0 bridgehead atoms. The van der Waals surface area contributed by atoms with Gasteiger partial charge in [0.15, 0.2) is 11.6 Å². The minimum atomic E-state index is -0.333. The monoisotopic (exact) mass is 278 g/mol. The Kier molecular flexibility index (Phi) is 2.99. The number of ketones is 2. The lowest BCUT2D eigenvalue weighted by Gasteiger charge is -2.20. The number of benzene rings is 2. The van der Waals surface area contributed by atoms with Gasteiger partial charge >= 0.3 is 0 Å². The number of ether oxygens (including phenoxy) is 1. The fraction of sp³-hybridized carbons (Fsp3) is 0. The van der Waals surface area contributed by atoms with Gasteiger partial charge in [0, 0.05) is 16.7 Å². The third-order valence-electron chi connectivity index (χ3n) is 3.46. The normalized spacial score (nSPS) is 12.4. The van der Waals surface area contributed by atoms with Crippen molar-refractivity contribution in [1.82, 2.24) is 0 Å². The largest absolute Gasteiger partial charge is 0.428 e. The fourth-order valence-electron chi connectivity index (χ4n) is 2.54. The van der Waals surface area contributed by atoms with E-state index in [9.17, 15) is 14.4 Å². The molecule has 2 aromatic carbocycles. The first-order valence-corrected chi connectivity index (χ1v) is 6.27. The highest BCUT2D eigenvalue weighted by atomic mass is 16.5. The second-order valence-electron chi connectivity index (χ2n) is 4.52. The summed E-state index contributed by atoms with van der Waals surface area (Å²) < 4.78 is 4.85. The van der Waals surface area contributed by atoms with Gasteiger partial charge < -0.3 is 4.74 Å². The summed E-state index contributed by atoms with van der Waals surface area (Å²) in [7, 11) is 0. The number of carbonyl (C=O) groups excluding carboxylic acids is 3. The molecule has 1 aliphatic carbocycles. The second-order valence-corrected chi connectivity index (χ2v) is 4.52. The average Bonchev–Trinajstić information content (AvgIpc) is 2.52. The van der Waals surface area contributed by atoms with Crippen molar-refractivity contribution in [3.8, 4) is 5.75 Å². The minimum absolute atomic E-state index is 0.0819. The van der Waals surface area contributed by atoms with Crippen LogP contribution in [0.3, 0.4) is 0 Å². The first-order chi connectivity index (χ1) is 10.2. The molecule has 4 heteroatoms. The molecule has 0 aromatic heterocycles. The Balaban J connectivity index is 2.37.